The predicted octanol–water partition coefficient (Wildman–Crippen LogP) is 10.4. The van der Waals surface area contributed by atoms with E-state index in [1.165, 1.54) is 44.3 Å². The highest BCUT2D eigenvalue weighted by atomic mass is 14.9. The molecule has 2 heterocycles. The summed E-state index contributed by atoms with van der Waals surface area (Å²) in [6.45, 7) is 0. The zero-order valence-corrected chi connectivity index (χ0v) is 25.4. The number of rotatable bonds is 3. The molecule has 3 heteroatoms. The summed E-state index contributed by atoms with van der Waals surface area (Å²) < 4.78 is 0. The van der Waals surface area contributed by atoms with Gasteiger partial charge >= 0.3 is 0 Å². The van der Waals surface area contributed by atoms with E-state index in [9.17, 15) is 0 Å². The van der Waals surface area contributed by atoms with Gasteiger partial charge in [-0.25, -0.2) is 15.0 Å². The molecule has 8 aromatic rings. The molecule has 1 spiro atoms. The second-order valence-electron chi connectivity index (χ2n) is 12.3. The molecule has 2 aromatic heterocycles. The Morgan fingerprint density at radius 2 is 0.851 bits per heavy atom. The monoisotopic (exact) mass is 597 g/mol. The van der Waals surface area contributed by atoms with E-state index in [1.54, 1.807) is 0 Å². The maximum absolute atomic E-state index is 5.64. The number of hydrogen-bond donors (Lipinski definition) is 0. The van der Waals surface area contributed by atoms with E-state index in [0.717, 1.165) is 39.3 Å². The highest BCUT2D eigenvalue weighted by molar-refractivity contribution is 6.06. The molecule has 0 radical (unpaired) electrons. The summed E-state index contributed by atoms with van der Waals surface area (Å²) in [5, 5.41) is 2.27. The van der Waals surface area contributed by atoms with Crippen LogP contribution in [0.15, 0.2) is 164 Å². The fraction of sp³-hybridized carbons (Fsp3) is 0.0227. The number of hydrogen-bond acceptors (Lipinski definition) is 3. The van der Waals surface area contributed by atoms with Crippen molar-refractivity contribution in [1.29, 1.82) is 0 Å². The van der Waals surface area contributed by atoms with Crippen molar-refractivity contribution in [2.45, 2.75) is 5.41 Å². The van der Waals surface area contributed by atoms with E-state index in [2.05, 4.69) is 140 Å². The molecule has 47 heavy (non-hydrogen) atoms. The van der Waals surface area contributed by atoms with Crippen molar-refractivity contribution in [3.05, 3.63) is 186 Å². The van der Waals surface area contributed by atoms with Crippen LogP contribution in [0.25, 0.3) is 67.2 Å². The van der Waals surface area contributed by atoms with Gasteiger partial charge in [0.25, 0.3) is 0 Å². The summed E-state index contributed by atoms with van der Waals surface area (Å²) in [5.74, 6) is 0.684. The van der Waals surface area contributed by atoms with E-state index in [4.69, 9.17) is 15.0 Å². The molecule has 0 saturated heterocycles. The van der Waals surface area contributed by atoms with Crippen LogP contribution >= 0.6 is 0 Å². The smallest absolute Gasteiger partial charge is 0.160 e. The average Bonchev–Trinajstić information content (AvgIpc) is 3.62. The Morgan fingerprint density at radius 3 is 1.51 bits per heavy atom. The van der Waals surface area contributed by atoms with Gasteiger partial charge in [0.15, 0.2) is 5.82 Å². The molecular weight excluding hydrogens is 571 g/mol. The van der Waals surface area contributed by atoms with Crippen molar-refractivity contribution in [1.82, 2.24) is 15.0 Å². The molecule has 3 nitrogen and oxygen atoms in total. The molecule has 0 bridgehead atoms. The van der Waals surface area contributed by atoms with Gasteiger partial charge in [0.2, 0.25) is 0 Å². The van der Waals surface area contributed by atoms with E-state index in [1.807, 2.05) is 24.3 Å². The molecular formula is C44H27N3. The summed E-state index contributed by atoms with van der Waals surface area (Å²) in [6.07, 6.45) is 0. The lowest BCUT2D eigenvalue weighted by Gasteiger charge is -2.31. The largest absolute Gasteiger partial charge is 0.245 e. The SMILES string of the molecule is c1ccc(-c2cc(-c3nc4c(c5ccccc35)C3(c5ccccc5-c5ccccc53)c3ccccc3-4)nc(-c3ccccc3)n2)cc1. The highest BCUT2D eigenvalue weighted by Crippen LogP contribution is 2.63. The topological polar surface area (TPSA) is 38.7 Å². The second-order valence-corrected chi connectivity index (χ2v) is 12.3. The van der Waals surface area contributed by atoms with Crippen molar-refractivity contribution in [3.8, 4) is 56.4 Å². The summed E-state index contributed by atoms with van der Waals surface area (Å²) in [4.78, 5) is 15.9. The normalized spacial score (nSPS) is 13.3. The van der Waals surface area contributed by atoms with Crippen molar-refractivity contribution < 1.29 is 0 Å². The van der Waals surface area contributed by atoms with E-state index < -0.39 is 5.41 Å². The van der Waals surface area contributed by atoms with Gasteiger partial charge in [-0.3, -0.25) is 0 Å². The Bertz CT molecular complexity index is 2410. The van der Waals surface area contributed by atoms with Gasteiger partial charge in [0, 0.05) is 27.6 Å². The minimum Gasteiger partial charge on any atom is -0.245 e. The molecule has 0 unspecified atom stereocenters. The quantitative estimate of drug-likeness (QED) is 0.203. The van der Waals surface area contributed by atoms with Crippen LogP contribution in [0.3, 0.4) is 0 Å². The first-order valence-electron chi connectivity index (χ1n) is 16.0. The minimum atomic E-state index is -0.472. The molecule has 2 aliphatic carbocycles. The molecule has 10 rings (SSSR count). The summed E-state index contributed by atoms with van der Waals surface area (Å²) in [5.41, 5.74) is 14.0. The van der Waals surface area contributed by atoms with Crippen molar-refractivity contribution in [2.24, 2.45) is 0 Å². The van der Waals surface area contributed by atoms with Gasteiger partial charge in [-0.1, -0.05) is 158 Å². The molecule has 2 aliphatic rings. The van der Waals surface area contributed by atoms with E-state index in [-0.39, 0.29) is 0 Å². The highest BCUT2D eigenvalue weighted by Gasteiger charge is 2.53. The van der Waals surface area contributed by atoms with Crippen LogP contribution in [0.4, 0.5) is 0 Å². The second kappa shape index (κ2) is 9.90. The number of nitrogens with zero attached hydrogens (tertiary/aromatic N) is 3. The molecule has 0 amide bonds. The third-order valence-electron chi connectivity index (χ3n) is 9.90. The summed E-state index contributed by atoms with van der Waals surface area (Å²) in [6, 6.07) is 58.1. The van der Waals surface area contributed by atoms with Crippen LogP contribution in [0.1, 0.15) is 22.3 Å². The lowest BCUT2D eigenvalue weighted by atomic mass is 9.69. The number of benzene rings is 6. The third-order valence-corrected chi connectivity index (χ3v) is 9.90. The third kappa shape index (κ3) is 3.60. The molecule has 6 aromatic carbocycles. The van der Waals surface area contributed by atoms with Gasteiger partial charge in [0.05, 0.1) is 28.2 Å². The van der Waals surface area contributed by atoms with Gasteiger partial charge in [0.1, 0.15) is 0 Å². The number of fused-ring (bicyclic) bond motifs is 12. The standard InChI is InChI=1S/C44H27N3/c1-3-15-28(16-4-1)38-27-39(46-43(45-38)29-17-5-2-6-18-29)41-33-22-8-7-21-32(33)40-42(47-41)34-23-11-14-26-37(34)44(40)35-24-12-9-19-30(35)31-20-10-13-25-36(31)44/h1-27H. The first-order chi connectivity index (χ1) is 23.3. The maximum Gasteiger partial charge on any atom is 0.160 e. The van der Waals surface area contributed by atoms with Crippen LogP contribution in [0, 0.1) is 0 Å². The predicted molar refractivity (Wildman–Crippen MR) is 190 cm³/mol. The Hall–Kier alpha value is -6.19. The van der Waals surface area contributed by atoms with Crippen molar-refractivity contribution >= 4 is 10.8 Å². The van der Waals surface area contributed by atoms with Crippen molar-refractivity contribution in [3.63, 3.8) is 0 Å². The van der Waals surface area contributed by atoms with Gasteiger partial charge in [-0.05, 0) is 39.3 Å². The van der Waals surface area contributed by atoms with Gasteiger partial charge in [-0.2, -0.15) is 0 Å². The zero-order chi connectivity index (χ0) is 31.0. The Labute approximate surface area is 272 Å². The van der Waals surface area contributed by atoms with Crippen LogP contribution in [0.5, 0.6) is 0 Å². The van der Waals surface area contributed by atoms with Crippen LogP contribution in [0.2, 0.25) is 0 Å². The Kier molecular flexibility index (Phi) is 5.49. The summed E-state index contributed by atoms with van der Waals surface area (Å²) >= 11 is 0. The fourth-order valence-electron chi connectivity index (χ4n) is 8.02. The molecule has 0 aliphatic heterocycles. The van der Waals surface area contributed by atoms with Crippen molar-refractivity contribution in [2.75, 3.05) is 0 Å². The molecule has 0 saturated carbocycles. The Balaban J connectivity index is 1.32. The minimum absolute atomic E-state index is 0.472. The van der Waals surface area contributed by atoms with E-state index in [0.29, 0.717) is 5.82 Å². The first-order valence-corrected chi connectivity index (χ1v) is 16.0. The maximum atomic E-state index is 5.64. The lowest BCUT2D eigenvalue weighted by molar-refractivity contribution is 0.799. The van der Waals surface area contributed by atoms with Crippen LogP contribution < -0.4 is 0 Å². The Morgan fingerprint density at radius 1 is 0.362 bits per heavy atom. The van der Waals surface area contributed by atoms with Gasteiger partial charge in [-0.15, -0.1) is 0 Å². The zero-order valence-electron chi connectivity index (χ0n) is 25.4. The number of aromatic nitrogens is 3. The van der Waals surface area contributed by atoms with E-state index >= 15 is 0 Å². The molecule has 0 fully saturated rings. The molecule has 0 N–H and O–H groups in total. The van der Waals surface area contributed by atoms with Crippen LogP contribution in [-0.2, 0) is 5.41 Å². The van der Waals surface area contributed by atoms with Crippen LogP contribution in [-0.4, -0.2) is 15.0 Å². The molecule has 0 atom stereocenters. The summed E-state index contributed by atoms with van der Waals surface area (Å²) in [7, 11) is 0. The van der Waals surface area contributed by atoms with Gasteiger partial charge < -0.3 is 0 Å². The average molecular weight is 598 g/mol. The first kappa shape index (κ1) is 26.1. The number of pyridine rings is 1. The molecule has 218 valence electrons. The fourth-order valence-corrected chi connectivity index (χ4v) is 8.02. The lowest BCUT2D eigenvalue weighted by Crippen LogP contribution is -2.26.